The van der Waals surface area contributed by atoms with Gasteiger partial charge in [-0.25, -0.2) is 0 Å². The number of ether oxygens (including phenoxy) is 4. The molecule has 2 amide bonds. The van der Waals surface area contributed by atoms with Crippen LogP contribution in [0.2, 0.25) is 0 Å². The number of unbranched alkanes of at least 4 members (excludes halogenated alkanes) is 1. The van der Waals surface area contributed by atoms with Gasteiger partial charge in [0.05, 0.1) is 39.4 Å². The molecule has 1 aliphatic heterocycles. The highest BCUT2D eigenvalue weighted by atomic mass is 33.1. The molecule has 0 aromatic carbocycles. The Labute approximate surface area is 216 Å². The molecule has 12 heteroatoms. The predicted octanol–water partition coefficient (Wildman–Crippen LogP) is 2.24. The second kappa shape index (κ2) is 21.8. The monoisotopic (exact) mass is 536 g/mol. The quantitative estimate of drug-likeness (QED) is 0.128. The van der Waals surface area contributed by atoms with Crippen molar-refractivity contribution in [3.63, 3.8) is 0 Å². The summed E-state index contributed by atoms with van der Waals surface area (Å²) in [5, 5.41) is 6.15. The molecule has 1 rings (SSSR count). The fourth-order valence-corrected chi connectivity index (χ4v) is 5.97. The lowest BCUT2D eigenvalue weighted by Gasteiger charge is -2.09. The number of amides is 2. The maximum atomic E-state index is 11.8. The normalized spacial score (nSPS) is 14.9. The average molecular weight is 537 g/mol. The minimum absolute atomic E-state index is 0.0193. The Balaban J connectivity index is 1.84. The SMILES string of the molecule is CCC(=O)OCCOCCOCCNC(=O)CCC(=O)OCCNC(=O)CCCCC1CCSS1. The first-order valence-corrected chi connectivity index (χ1v) is 14.7. The van der Waals surface area contributed by atoms with Crippen molar-refractivity contribution >= 4 is 45.3 Å². The van der Waals surface area contributed by atoms with Crippen molar-refractivity contribution in [3.8, 4) is 0 Å². The number of nitrogens with one attached hydrogen (secondary N) is 2. The molecule has 1 fully saturated rings. The van der Waals surface area contributed by atoms with Crippen LogP contribution >= 0.6 is 21.6 Å². The lowest BCUT2D eigenvalue weighted by atomic mass is 10.1. The molecule has 2 N–H and O–H groups in total. The summed E-state index contributed by atoms with van der Waals surface area (Å²) in [5.41, 5.74) is 0. The Bertz CT molecular complexity index is 618. The van der Waals surface area contributed by atoms with Gasteiger partial charge >= 0.3 is 11.9 Å². The summed E-state index contributed by atoms with van der Waals surface area (Å²) >= 11 is 0. The van der Waals surface area contributed by atoms with Gasteiger partial charge in [-0.15, -0.1) is 0 Å². The van der Waals surface area contributed by atoms with Gasteiger partial charge in [0.1, 0.15) is 13.2 Å². The van der Waals surface area contributed by atoms with Crippen LogP contribution in [0.15, 0.2) is 0 Å². The van der Waals surface area contributed by atoms with Crippen LogP contribution in [-0.4, -0.2) is 87.5 Å². The van der Waals surface area contributed by atoms with Gasteiger partial charge in [-0.2, -0.15) is 0 Å². The number of hydrogen-bond donors (Lipinski definition) is 2. The Kier molecular flexibility index (Phi) is 19.6. The van der Waals surface area contributed by atoms with Gasteiger partial charge in [0, 0.05) is 36.8 Å². The maximum Gasteiger partial charge on any atom is 0.306 e. The summed E-state index contributed by atoms with van der Waals surface area (Å²) in [6, 6.07) is 0. The summed E-state index contributed by atoms with van der Waals surface area (Å²) < 4.78 is 20.5. The van der Waals surface area contributed by atoms with Crippen LogP contribution in [0.25, 0.3) is 0 Å². The molecule has 0 saturated carbocycles. The zero-order valence-corrected chi connectivity index (χ0v) is 22.3. The van der Waals surface area contributed by atoms with Crippen molar-refractivity contribution in [1.82, 2.24) is 10.6 Å². The Hall–Kier alpha value is -1.50. The van der Waals surface area contributed by atoms with Gasteiger partial charge in [0.2, 0.25) is 11.8 Å². The smallest absolute Gasteiger partial charge is 0.306 e. The molecular formula is C23H40N2O8S2. The second-order valence-corrected chi connectivity index (χ2v) is 10.6. The number of hydrogen-bond acceptors (Lipinski definition) is 10. The number of esters is 2. The first-order chi connectivity index (χ1) is 17.0. The van der Waals surface area contributed by atoms with E-state index in [0.717, 1.165) is 18.1 Å². The molecule has 202 valence electrons. The third kappa shape index (κ3) is 19.4. The highest BCUT2D eigenvalue weighted by Gasteiger charge is 2.15. The zero-order valence-electron chi connectivity index (χ0n) is 20.7. The molecule has 0 spiro atoms. The van der Waals surface area contributed by atoms with E-state index in [1.54, 1.807) is 6.92 Å². The van der Waals surface area contributed by atoms with Crippen molar-refractivity contribution < 1.29 is 38.1 Å². The first-order valence-electron chi connectivity index (χ1n) is 12.3. The second-order valence-electron chi connectivity index (χ2n) is 7.79. The van der Waals surface area contributed by atoms with E-state index in [4.69, 9.17) is 18.9 Å². The fourth-order valence-electron chi connectivity index (χ4n) is 2.94. The van der Waals surface area contributed by atoms with Crippen molar-refractivity contribution in [1.29, 1.82) is 0 Å². The minimum Gasteiger partial charge on any atom is -0.464 e. The average Bonchev–Trinajstić information content (AvgIpc) is 3.37. The molecule has 35 heavy (non-hydrogen) atoms. The van der Waals surface area contributed by atoms with E-state index >= 15 is 0 Å². The van der Waals surface area contributed by atoms with E-state index < -0.39 is 5.97 Å². The summed E-state index contributed by atoms with van der Waals surface area (Å²) in [6.07, 6.45) is 5.21. The van der Waals surface area contributed by atoms with Gasteiger partial charge in [0.25, 0.3) is 0 Å². The topological polar surface area (TPSA) is 129 Å². The third-order valence-corrected chi connectivity index (χ3v) is 7.88. The standard InChI is InChI=1S/C23H40N2O8S2/c1-2-22(28)33-17-16-31-15-14-30-12-10-24-21(27)7-8-23(29)32-13-11-25-20(26)6-4-3-5-19-9-18-34-35-19/h19H,2-18H2,1H3,(H,24,27)(H,25,26). The molecule has 1 aliphatic rings. The Morgan fingerprint density at radius 3 is 2.14 bits per heavy atom. The van der Waals surface area contributed by atoms with E-state index in [-0.39, 0.29) is 50.4 Å². The summed E-state index contributed by atoms with van der Waals surface area (Å²) in [4.78, 5) is 46.2. The van der Waals surface area contributed by atoms with Gasteiger partial charge in [-0.3, -0.25) is 19.2 Å². The molecule has 10 nitrogen and oxygen atoms in total. The lowest BCUT2D eigenvalue weighted by molar-refractivity contribution is -0.145. The molecule has 0 aromatic rings. The van der Waals surface area contributed by atoms with Crippen LogP contribution in [0, 0.1) is 0 Å². The van der Waals surface area contributed by atoms with E-state index in [2.05, 4.69) is 10.6 Å². The molecule has 0 aliphatic carbocycles. The molecule has 0 bridgehead atoms. The van der Waals surface area contributed by atoms with E-state index in [1.165, 1.54) is 18.6 Å². The van der Waals surface area contributed by atoms with Crippen LogP contribution < -0.4 is 10.6 Å². The predicted molar refractivity (Wildman–Crippen MR) is 136 cm³/mol. The van der Waals surface area contributed by atoms with Gasteiger partial charge < -0.3 is 29.6 Å². The van der Waals surface area contributed by atoms with E-state index in [9.17, 15) is 19.2 Å². The van der Waals surface area contributed by atoms with Crippen molar-refractivity contribution in [2.75, 3.05) is 58.5 Å². The maximum absolute atomic E-state index is 11.8. The molecule has 1 saturated heterocycles. The van der Waals surface area contributed by atoms with Crippen molar-refractivity contribution in [2.24, 2.45) is 0 Å². The van der Waals surface area contributed by atoms with Gasteiger partial charge in [-0.1, -0.05) is 34.9 Å². The minimum atomic E-state index is -0.473. The van der Waals surface area contributed by atoms with Crippen LogP contribution in [-0.2, 0) is 38.1 Å². The van der Waals surface area contributed by atoms with Crippen LogP contribution in [0.3, 0.4) is 0 Å². The Morgan fingerprint density at radius 1 is 0.771 bits per heavy atom. The summed E-state index contributed by atoms with van der Waals surface area (Å²) in [6.45, 7) is 4.00. The number of rotatable bonds is 21. The van der Waals surface area contributed by atoms with E-state index in [1.807, 2.05) is 21.6 Å². The largest absolute Gasteiger partial charge is 0.464 e. The van der Waals surface area contributed by atoms with Gasteiger partial charge in [-0.05, 0) is 19.3 Å². The lowest BCUT2D eigenvalue weighted by Crippen LogP contribution is -2.29. The number of carbonyl (C=O) groups is 4. The third-order valence-electron chi connectivity index (χ3n) is 4.87. The van der Waals surface area contributed by atoms with Crippen LogP contribution in [0.1, 0.15) is 58.3 Å². The molecule has 0 radical (unpaired) electrons. The first kappa shape index (κ1) is 31.5. The summed E-state index contributed by atoms with van der Waals surface area (Å²) in [5.74, 6) is 0.210. The highest BCUT2D eigenvalue weighted by molar-refractivity contribution is 8.77. The molecular weight excluding hydrogens is 496 g/mol. The highest BCUT2D eigenvalue weighted by Crippen LogP contribution is 2.39. The van der Waals surface area contributed by atoms with Gasteiger partial charge in [0.15, 0.2) is 0 Å². The van der Waals surface area contributed by atoms with Crippen molar-refractivity contribution in [2.45, 2.75) is 63.5 Å². The van der Waals surface area contributed by atoms with E-state index in [0.29, 0.717) is 45.8 Å². The zero-order chi connectivity index (χ0) is 25.6. The molecule has 0 aromatic heterocycles. The summed E-state index contributed by atoms with van der Waals surface area (Å²) in [7, 11) is 3.89. The number of carbonyl (C=O) groups excluding carboxylic acids is 4. The molecule has 1 heterocycles. The fraction of sp³-hybridized carbons (Fsp3) is 0.826. The molecule has 1 unspecified atom stereocenters. The van der Waals surface area contributed by atoms with Crippen LogP contribution in [0.5, 0.6) is 0 Å². The van der Waals surface area contributed by atoms with Crippen molar-refractivity contribution in [3.05, 3.63) is 0 Å². The van der Waals surface area contributed by atoms with Crippen LogP contribution in [0.4, 0.5) is 0 Å². The molecule has 1 atom stereocenters. The Morgan fingerprint density at radius 2 is 1.43 bits per heavy atom.